The van der Waals surface area contributed by atoms with Crippen LogP contribution in [-0.4, -0.2) is 98.7 Å². The summed E-state index contributed by atoms with van der Waals surface area (Å²) in [5.74, 6) is 0.351. The summed E-state index contributed by atoms with van der Waals surface area (Å²) in [6, 6.07) is 12.5. The van der Waals surface area contributed by atoms with Gasteiger partial charge in [-0.05, 0) is 61.2 Å². The number of nitrogens with one attached hydrogen (secondary N) is 1. The van der Waals surface area contributed by atoms with E-state index in [4.69, 9.17) is 4.74 Å². The molecule has 234 valence electrons. The fourth-order valence-corrected chi connectivity index (χ4v) is 6.16. The molecule has 2 aromatic carbocycles. The van der Waals surface area contributed by atoms with Crippen molar-refractivity contribution in [2.24, 2.45) is 5.92 Å². The summed E-state index contributed by atoms with van der Waals surface area (Å²) in [6.07, 6.45) is 4.08. The molecular weight excluding hydrogens is 562 g/mol. The van der Waals surface area contributed by atoms with Crippen LogP contribution in [0.15, 0.2) is 48.7 Å². The van der Waals surface area contributed by atoms with Crippen LogP contribution in [0.25, 0.3) is 11.1 Å². The van der Waals surface area contributed by atoms with Crippen LogP contribution in [0.4, 0.5) is 20.2 Å². The summed E-state index contributed by atoms with van der Waals surface area (Å²) >= 11 is 0. The SMILES string of the molecule is COc1cc(CF)c(C(=O)Nc2cc(-c3cc(CN4CCN(CC5CC5)CC4)ccc3F)ccc2N2CCN(C)CC2)cn1. The third kappa shape index (κ3) is 7.20. The van der Waals surface area contributed by atoms with Gasteiger partial charge in [0, 0.05) is 88.8 Å². The van der Waals surface area contributed by atoms with E-state index in [-0.39, 0.29) is 22.8 Å². The number of benzene rings is 2. The Bertz CT molecular complexity index is 1470. The van der Waals surface area contributed by atoms with Crippen LogP contribution in [0.2, 0.25) is 0 Å². The van der Waals surface area contributed by atoms with Crippen molar-refractivity contribution in [3.8, 4) is 17.0 Å². The van der Waals surface area contributed by atoms with Crippen LogP contribution >= 0.6 is 0 Å². The minimum atomic E-state index is -0.833. The monoisotopic (exact) mass is 604 g/mol. The lowest BCUT2D eigenvalue weighted by Crippen LogP contribution is -2.46. The molecule has 3 aromatic rings. The molecule has 0 bridgehead atoms. The van der Waals surface area contributed by atoms with Crippen molar-refractivity contribution in [2.75, 3.05) is 83.3 Å². The van der Waals surface area contributed by atoms with Gasteiger partial charge < -0.3 is 24.8 Å². The van der Waals surface area contributed by atoms with E-state index in [0.29, 0.717) is 16.8 Å². The normalized spacial score (nSPS) is 18.4. The number of alkyl halides is 1. The van der Waals surface area contributed by atoms with Crippen LogP contribution in [0.3, 0.4) is 0 Å². The van der Waals surface area contributed by atoms with E-state index in [2.05, 4.69) is 36.9 Å². The quantitative estimate of drug-likeness (QED) is 0.353. The highest BCUT2D eigenvalue weighted by Crippen LogP contribution is 2.35. The Kier molecular flexibility index (Phi) is 9.39. The highest BCUT2D eigenvalue weighted by atomic mass is 19.1. The van der Waals surface area contributed by atoms with Crippen molar-refractivity contribution in [1.82, 2.24) is 19.7 Å². The van der Waals surface area contributed by atoms with Gasteiger partial charge in [-0.25, -0.2) is 13.8 Å². The van der Waals surface area contributed by atoms with E-state index < -0.39 is 12.6 Å². The number of pyridine rings is 1. The number of halogens is 2. The first kappa shape index (κ1) is 30.4. The molecule has 1 N–H and O–H groups in total. The number of hydrogen-bond acceptors (Lipinski definition) is 7. The number of aromatic nitrogens is 1. The molecule has 1 aromatic heterocycles. The molecule has 0 spiro atoms. The molecule has 0 unspecified atom stereocenters. The Morgan fingerprint density at radius 2 is 1.73 bits per heavy atom. The molecule has 3 aliphatic rings. The molecule has 3 fully saturated rings. The van der Waals surface area contributed by atoms with Crippen LogP contribution in [0.5, 0.6) is 5.88 Å². The van der Waals surface area contributed by atoms with Gasteiger partial charge in [0.05, 0.1) is 24.0 Å². The Hall–Kier alpha value is -3.60. The Morgan fingerprint density at radius 1 is 0.977 bits per heavy atom. The third-order valence-electron chi connectivity index (χ3n) is 9.08. The average molecular weight is 605 g/mol. The number of likely N-dealkylation sites (N-methyl/N-ethyl adjacent to an activating group) is 1. The summed E-state index contributed by atoms with van der Waals surface area (Å²) in [4.78, 5) is 27.1. The van der Waals surface area contributed by atoms with Gasteiger partial charge in [0.2, 0.25) is 5.88 Å². The molecular formula is C34H42F2N6O2. The Balaban J connectivity index is 1.25. The molecule has 0 atom stereocenters. The lowest BCUT2D eigenvalue weighted by atomic mass is 10.00. The maximum atomic E-state index is 15.4. The smallest absolute Gasteiger partial charge is 0.257 e. The second-order valence-electron chi connectivity index (χ2n) is 12.3. The molecule has 10 heteroatoms. The first-order valence-electron chi connectivity index (χ1n) is 15.6. The largest absolute Gasteiger partial charge is 0.481 e. The van der Waals surface area contributed by atoms with Crippen molar-refractivity contribution in [3.05, 3.63) is 71.2 Å². The fraction of sp³-hybridized carbons (Fsp3) is 0.471. The van der Waals surface area contributed by atoms with E-state index in [9.17, 15) is 9.18 Å². The van der Waals surface area contributed by atoms with Gasteiger partial charge in [0.15, 0.2) is 0 Å². The van der Waals surface area contributed by atoms with E-state index in [1.54, 1.807) is 0 Å². The van der Waals surface area contributed by atoms with Gasteiger partial charge in [0.25, 0.3) is 5.91 Å². The van der Waals surface area contributed by atoms with Crippen LogP contribution in [0, 0.1) is 11.7 Å². The number of amides is 1. The van der Waals surface area contributed by atoms with Gasteiger partial charge in [-0.3, -0.25) is 9.69 Å². The zero-order valence-electron chi connectivity index (χ0n) is 25.7. The molecule has 2 aliphatic heterocycles. The molecule has 0 radical (unpaired) electrons. The molecule has 1 aliphatic carbocycles. The number of ether oxygens (including phenoxy) is 1. The molecule has 1 saturated carbocycles. The van der Waals surface area contributed by atoms with Gasteiger partial charge >= 0.3 is 0 Å². The lowest BCUT2D eigenvalue weighted by molar-refractivity contribution is 0.102. The predicted molar refractivity (Wildman–Crippen MR) is 170 cm³/mol. The number of carbonyl (C=O) groups is 1. The molecule has 8 nitrogen and oxygen atoms in total. The van der Waals surface area contributed by atoms with Crippen molar-refractivity contribution in [1.29, 1.82) is 0 Å². The first-order valence-corrected chi connectivity index (χ1v) is 15.6. The lowest BCUT2D eigenvalue weighted by Gasteiger charge is -2.35. The van der Waals surface area contributed by atoms with Crippen molar-refractivity contribution >= 4 is 17.3 Å². The number of anilines is 2. The molecule has 3 heterocycles. The van der Waals surface area contributed by atoms with Crippen LogP contribution < -0.4 is 15.0 Å². The summed E-state index contributed by atoms with van der Waals surface area (Å²) in [7, 11) is 3.53. The minimum absolute atomic E-state index is 0.133. The fourth-order valence-electron chi connectivity index (χ4n) is 6.16. The van der Waals surface area contributed by atoms with E-state index in [1.165, 1.54) is 44.8 Å². The molecule has 6 rings (SSSR count). The third-order valence-corrected chi connectivity index (χ3v) is 9.08. The number of hydrogen-bond donors (Lipinski definition) is 1. The molecule has 2 saturated heterocycles. The number of methoxy groups -OCH3 is 1. The topological polar surface area (TPSA) is 64.2 Å². The van der Waals surface area contributed by atoms with Gasteiger partial charge in [-0.2, -0.15) is 0 Å². The van der Waals surface area contributed by atoms with Crippen molar-refractivity contribution in [2.45, 2.75) is 26.1 Å². The zero-order chi connectivity index (χ0) is 30.6. The number of nitrogens with zero attached hydrogens (tertiary/aromatic N) is 5. The average Bonchev–Trinajstić information content (AvgIpc) is 3.87. The number of carbonyl (C=O) groups excluding carboxylic acids is 1. The van der Waals surface area contributed by atoms with E-state index >= 15 is 4.39 Å². The summed E-state index contributed by atoms with van der Waals surface area (Å²) in [6.45, 7) is 8.68. The minimum Gasteiger partial charge on any atom is -0.481 e. The Morgan fingerprint density at radius 3 is 2.43 bits per heavy atom. The number of piperazine rings is 2. The van der Waals surface area contributed by atoms with Crippen molar-refractivity contribution in [3.63, 3.8) is 0 Å². The highest BCUT2D eigenvalue weighted by Gasteiger charge is 2.27. The second kappa shape index (κ2) is 13.6. The van der Waals surface area contributed by atoms with E-state index in [0.717, 1.165) is 76.1 Å². The standard InChI is InChI=1S/C34H42F2N6O2/c1-39-9-15-42(16-10-39)32-8-6-26(18-31(32)38-34(43)29-21-37-33(44-2)19-27(29)20-35)28-17-25(5-7-30(28)36)23-41-13-11-40(12-14-41)22-24-3-4-24/h5-8,17-19,21,24H,3-4,9-16,20,22-23H2,1-2H3,(H,38,43). The molecule has 1 amide bonds. The van der Waals surface area contributed by atoms with Crippen LogP contribution in [0.1, 0.15) is 34.3 Å². The summed E-state index contributed by atoms with van der Waals surface area (Å²) < 4.78 is 34.4. The zero-order valence-corrected chi connectivity index (χ0v) is 25.7. The molecule has 44 heavy (non-hydrogen) atoms. The van der Waals surface area contributed by atoms with Crippen molar-refractivity contribution < 1.29 is 18.3 Å². The first-order chi connectivity index (χ1) is 21.4. The highest BCUT2D eigenvalue weighted by molar-refractivity contribution is 6.07. The van der Waals surface area contributed by atoms with Gasteiger partial charge in [0.1, 0.15) is 12.5 Å². The van der Waals surface area contributed by atoms with Gasteiger partial charge in [-0.15, -0.1) is 0 Å². The summed E-state index contributed by atoms with van der Waals surface area (Å²) in [5, 5.41) is 3.00. The number of rotatable bonds is 10. The maximum Gasteiger partial charge on any atom is 0.257 e. The summed E-state index contributed by atoms with van der Waals surface area (Å²) in [5.41, 5.74) is 3.94. The maximum absolute atomic E-state index is 15.4. The van der Waals surface area contributed by atoms with Crippen LogP contribution in [-0.2, 0) is 13.2 Å². The van der Waals surface area contributed by atoms with Gasteiger partial charge in [-0.1, -0.05) is 12.1 Å². The predicted octanol–water partition coefficient (Wildman–Crippen LogP) is 4.90. The Labute approximate surface area is 258 Å². The van der Waals surface area contributed by atoms with E-state index in [1.807, 2.05) is 30.3 Å². The second-order valence-corrected chi connectivity index (χ2v) is 12.3.